The van der Waals surface area contributed by atoms with Crippen LogP contribution in [0.2, 0.25) is 0 Å². The first-order valence-electron chi connectivity index (χ1n) is 5.07. The number of hydrogen-bond acceptors (Lipinski definition) is 4. The maximum Gasteiger partial charge on any atom is 0.153 e. The highest BCUT2D eigenvalue weighted by Crippen LogP contribution is 2.23. The number of hydrogen-bond donors (Lipinski definition) is 4. The second-order valence-corrected chi connectivity index (χ2v) is 3.91. The van der Waals surface area contributed by atoms with Crippen LogP contribution in [-0.2, 0) is 0 Å². The van der Waals surface area contributed by atoms with Gasteiger partial charge in [-0.2, -0.15) is 0 Å². The van der Waals surface area contributed by atoms with E-state index in [1.54, 1.807) is 0 Å². The van der Waals surface area contributed by atoms with Crippen LogP contribution in [0.1, 0.15) is 25.7 Å². The lowest BCUT2D eigenvalue weighted by atomic mass is 9.87. The number of aliphatic hydroxyl groups is 1. The van der Waals surface area contributed by atoms with Crippen LogP contribution >= 0.6 is 0 Å². The first-order chi connectivity index (χ1) is 6.72. The van der Waals surface area contributed by atoms with Crippen molar-refractivity contribution in [3.05, 3.63) is 0 Å². The Bertz CT molecular complexity index is 196. The van der Waals surface area contributed by atoms with Gasteiger partial charge >= 0.3 is 0 Å². The van der Waals surface area contributed by atoms with Crippen LogP contribution in [0.4, 0.5) is 0 Å². The Kier molecular flexibility index (Phi) is 4.69. The van der Waals surface area contributed by atoms with Crippen LogP contribution in [0.5, 0.6) is 0 Å². The molecular weight excluding hydrogens is 182 g/mol. The number of oxime groups is 1. The molecular formula is C9H19N3O2. The van der Waals surface area contributed by atoms with E-state index in [1.165, 1.54) is 0 Å². The molecule has 0 spiro atoms. The van der Waals surface area contributed by atoms with E-state index in [0.29, 0.717) is 12.5 Å². The summed E-state index contributed by atoms with van der Waals surface area (Å²) in [6.45, 7) is 1.23. The molecule has 0 bridgehead atoms. The smallest absolute Gasteiger partial charge is 0.153 e. The molecule has 1 aliphatic rings. The summed E-state index contributed by atoms with van der Waals surface area (Å²) in [6, 6.07) is 0. The molecule has 0 saturated heterocycles. The first kappa shape index (κ1) is 11.3. The molecule has 0 radical (unpaired) electrons. The molecule has 14 heavy (non-hydrogen) atoms. The number of nitrogens with one attached hydrogen (secondary N) is 1. The van der Waals surface area contributed by atoms with E-state index in [1.807, 2.05) is 0 Å². The summed E-state index contributed by atoms with van der Waals surface area (Å²) >= 11 is 0. The third-order valence-corrected chi connectivity index (χ3v) is 2.62. The van der Waals surface area contributed by atoms with Crippen molar-refractivity contribution in [2.75, 3.05) is 13.1 Å². The van der Waals surface area contributed by atoms with Crippen LogP contribution in [0.3, 0.4) is 0 Å². The van der Waals surface area contributed by atoms with Crippen LogP contribution in [0, 0.1) is 5.92 Å². The van der Waals surface area contributed by atoms with Crippen LogP contribution in [-0.4, -0.2) is 35.3 Å². The molecule has 1 aliphatic carbocycles. The molecule has 0 heterocycles. The van der Waals surface area contributed by atoms with Crippen molar-refractivity contribution >= 4 is 5.84 Å². The second kappa shape index (κ2) is 5.82. The van der Waals surface area contributed by atoms with Crippen molar-refractivity contribution in [1.29, 1.82) is 0 Å². The molecule has 5 heteroatoms. The van der Waals surface area contributed by atoms with Gasteiger partial charge in [0, 0.05) is 0 Å². The first-order valence-corrected chi connectivity index (χ1v) is 5.07. The highest BCUT2D eigenvalue weighted by atomic mass is 16.4. The molecule has 1 rings (SSSR count). The van der Waals surface area contributed by atoms with E-state index in [0.717, 1.165) is 32.2 Å². The SMILES string of the molecule is NC(CNCC1CCCC(O)C1)=NO. The third-order valence-electron chi connectivity index (χ3n) is 2.62. The van der Waals surface area contributed by atoms with E-state index in [9.17, 15) is 5.11 Å². The van der Waals surface area contributed by atoms with Crippen molar-refractivity contribution < 1.29 is 10.3 Å². The number of aliphatic hydroxyl groups excluding tert-OH is 1. The Balaban J connectivity index is 2.11. The van der Waals surface area contributed by atoms with Crippen LogP contribution in [0.25, 0.3) is 0 Å². The van der Waals surface area contributed by atoms with E-state index in [2.05, 4.69) is 10.5 Å². The van der Waals surface area contributed by atoms with Gasteiger partial charge in [0.25, 0.3) is 0 Å². The molecule has 0 amide bonds. The Morgan fingerprint density at radius 2 is 2.29 bits per heavy atom. The lowest BCUT2D eigenvalue weighted by Crippen LogP contribution is -2.34. The van der Waals surface area contributed by atoms with Gasteiger partial charge in [-0.1, -0.05) is 11.6 Å². The molecule has 2 atom stereocenters. The summed E-state index contributed by atoms with van der Waals surface area (Å²) in [5.41, 5.74) is 5.30. The second-order valence-electron chi connectivity index (χ2n) is 3.91. The Hall–Kier alpha value is -0.810. The molecule has 2 unspecified atom stereocenters. The molecule has 1 fully saturated rings. The maximum absolute atomic E-state index is 9.42. The highest BCUT2D eigenvalue weighted by molar-refractivity contribution is 5.81. The van der Waals surface area contributed by atoms with E-state index < -0.39 is 0 Å². The summed E-state index contributed by atoms with van der Waals surface area (Å²) in [6.07, 6.45) is 3.90. The van der Waals surface area contributed by atoms with Gasteiger partial charge < -0.3 is 21.4 Å². The van der Waals surface area contributed by atoms with Gasteiger partial charge in [0.2, 0.25) is 0 Å². The molecule has 0 aromatic carbocycles. The standard InChI is InChI=1S/C9H19N3O2/c10-9(12-14)6-11-5-7-2-1-3-8(13)4-7/h7-8,11,13-14H,1-6H2,(H2,10,12). The average molecular weight is 201 g/mol. The zero-order valence-electron chi connectivity index (χ0n) is 8.32. The zero-order valence-corrected chi connectivity index (χ0v) is 8.32. The molecule has 5 N–H and O–H groups in total. The van der Waals surface area contributed by atoms with E-state index >= 15 is 0 Å². The summed E-state index contributed by atoms with van der Waals surface area (Å²) in [5, 5.41) is 23.7. The van der Waals surface area contributed by atoms with Gasteiger partial charge in [0.15, 0.2) is 5.84 Å². The minimum absolute atomic E-state index is 0.139. The lowest BCUT2D eigenvalue weighted by molar-refractivity contribution is 0.101. The zero-order chi connectivity index (χ0) is 10.4. The fraction of sp³-hybridized carbons (Fsp3) is 0.889. The van der Waals surface area contributed by atoms with Gasteiger partial charge in [-0.15, -0.1) is 0 Å². The van der Waals surface area contributed by atoms with Crippen LogP contribution < -0.4 is 11.1 Å². The predicted octanol–water partition coefficient (Wildman–Crippen LogP) is -0.127. The Morgan fingerprint density at radius 1 is 1.50 bits per heavy atom. The fourth-order valence-electron chi connectivity index (χ4n) is 1.89. The molecule has 0 aromatic heterocycles. The maximum atomic E-state index is 9.42. The van der Waals surface area contributed by atoms with Crippen molar-refractivity contribution in [2.24, 2.45) is 16.8 Å². The normalized spacial score (nSPS) is 29.1. The minimum Gasteiger partial charge on any atom is -0.409 e. The van der Waals surface area contributed by atoms with Crippen molar-refractivity contribution in [3.63, 3.8) is 0 Å². The monoisotopic (exact) mass is 201 g/mol. The molecule has 1 saturated carbocycles. The summed E-state index contributed by atoms with van der Waals surface area (Å²) in [5.74, 6) is 0.714. The quantitative estimate of drug-likeness (QED) is 0.221. The fourth-order valence-corrected chi connectivity index (χ4v) is 1.89. The topological polar surface area (TPSA) is 90.9 Å². The summed E-state index contributed by atoms with van der Waals surface area (Å²) in [7, 11) is 0. The summed E-state index contributed by atoms with van der Waals surface area (Å²) in [4.78, 5) is 0. The number of rotatable bonds is 4. The Morgan fingerprint density at radius 3 is 2.93 bits per heavy atom. The molecule has 82 valence electrons. The molecule has 0 aliphatic heterocycles. The molecule has 5 nitrogen and oxygen atoms in total. The predicted molar refractivity (Wildman–Crippen MR) is 54.2 cm³/mol. The Labute approximate surface area is 84.0 Å². The lowest BCUT2D eigenvalue weighted by Gasteiger charge is -2.25. The van der Waals surface area contributed by atoms with Gasteiger partial charge in [-0.05, 0) is 31.7 Å². The molecule has 0 aromatic rings. The summed E-state index contributed by atoms with van der Waals surface area (Å²) < 4.78 is 0. The number of nitrogens with two attached hydrogens (primary N) is 1. The van der Waals surface area contributed by atoms with E-state index in [-0.39, 0.29) is 11.9 Å². The number of amidine groups is 1. The van der Waals surface area contributed by atoms with Gasteiger partial charge in [-0.3, -0.25) is 0 Å². The van der Waals surface area contributed by atoms with E-state index in [4.69, 9.17) is 10.9 Å². The number of nitrogens with zero attached hydrogens (tertiary/aromatic N) is 1. The van der Waals surface area contributed by atoms with Crippen molar-refractivity contribution in [2.45, 2.75) is 31.8 Å². The van der Waals surface area contributed by atoms with Crippen LogP contribution in [0.15, 0.2) is 5.16 Å². The van der Waals surface area contributed by atoms with Gasteiger partial charge in [0.05, 0.1) is 12.6 Å². The average Bonchev–Trinajstić information content (AvgIpc) is 2.17. The highest BCUT2D eigenvalue weighted by Gasteiger charge is 2.19. The third kappa shape index (κ3) is 3.93. The van der Waals surface area contributed by atoms with Crippen molar-refractivity contribution in [1.82, 2.24) is 5.32 Å². The minimum atomic E-state index is -0.139. The van der Waals surface area contributed by atoms with Gasteiger partial charge in [-0.25, -0.2) is 0 Å². The van der Waals surface area contributed by atoms with Crippen molar-refractivity contribution in [3.8, 4) is 0 Å². The largest absolute Gasteiger partial charge is 0.409 e. The van der Waals surface area contributed by atoms with Gasteiger partial charge in [0.1, 0.15) is 0 Å².